The van der Waals surface area contributed by atoms with Crippen molar-refractivity contribution in [1.29, 1.82) is 0 Å². The van der Waals surface area contributed by atoms with Crippen molar-refractivity contribution < 1.29 is 8.81 Å². The average Bonchev–Trinajstić information content (AvgIpc) is 3.09. The van der Waals surface area contributed by atoms with Crippen molar-refractivity contribution in [1.82, 2.24) is 9.88 Å². The maximum atomic E-state index is 13.2. The van der Waals surface area contributed by atoms with Crippen LogP contribution in [0.4, 0.5) is 4.39 Å². The number of benzene rings is 2. The van der Waals surface area contributed by atoms with Gasteiger partial charge in [0.05, 0.1) is 5.52 Å². The number of hydrogen-bond donors (Lipinski definition) is 1. The van der Waals surface area contributed by atoms with Gasteiger partial charge in [-0.1, -0.05) is 12.1 Å². The van der Waals surface area contributed by atoms with Crippen LogP contribution >= 0.6 is 0 Å². The van der Waals surface area contributed by atoms with E-state index in [9.17, 15) is 9.18 Å². The van der Waals surface area contributed by atoms with Crippen molar-refractivity contribution in [2.24, 2.45) is 0 Å². The molecule has 0 spiro atoms. The maximum absolute atomic E-state index is 13.2. The lowest BCUT2D eigenvalue weighted by molar-refractivity contribution is 0.181. The molecule has 5 heteroatoms. The number of rotatable bonds is 6. The first kappa shape index (κ1) is 19.9. The molecular weight excluding hydrogens is 367 g/mol. The number of hydrogen-bond acceptors (Lipinski definition) is 3. The number of fused-ring (bicyclic) bond motifs is 1. The average molecular weight is 397 g/mol. The number of halogens is 1. The minimum Gasteiger partial charge on any atom is -0.408 e. The number of aryl methyl sites for hydroxylation is 2. The molecule has 29 heavy (non-hydrogen) atoms. The molecule has 4 rings (SSSR count). The molecule has 0 radical (unpaired) electrons. The van der Waals surface area contributed by atoms with Crippen LogP contribution in [0.3, 0.4) is 0 Å². The van der Waals surface area contributed by atoms with Gasteiger partial charge in [0.15, 0.2) is 5.58 Å². The van der Waals surface area contributed by atoms with Gasteiger partial charge in [-0.3, -0.25) is 4.98 Å². The molecule has 0 atom stereocenters. The predicted molar refractivity (Wildman–Crippen MR) is 114 cm³/mol. The van der Waals surface area contributed by atoms with Crippen LogP contribution in [0.25, 0.3) is 11.1 Å². The lowest BCUT2D eigenvalue weighted by Gasteiger charge is -2.35. The zero-order valence-corrected chi connectivity index (χ0v) is 17.2. The van der Waals surface area contributed by atoms with E-state index in [-0.39, 0.29) is 5.82 Å². The topological polar surface area (TPSA) is 49.2 Å². The normalized spacial score (nSPS) is 19.9. The van der Waals surface area contributed by atoms with Crippen LogP contribution in [0.15, 0.2) is 45.6 Å². The van der Waals surface area contributed by atoms with Crippen molar-refractivity contribution in [2.45, 2.75) is 57.4 Å². The Morgan fingerprint density at radius 1 is 1.14 bits per heavy atom. The summed E-state index contributed by atoms with van der Waals surface area (Å²) in [5.74, 6) is -0.0117. The highest BCUT2D eigenvalue weighted by Crippen LogP contribution is 2.35. The third-order valence-electron chi connectivity index (χ3n) is 6.50. The van der Waals surface area contributed by atoms with E-state index in [1.165, 1.54) is 24.0 Å². The predicted octanol–water partition coefficient (Wildman–Crippen LogP) is 5.16. The van der Waals surface area contributed by atoms with Crippen molar-refractivity contribution in [3.8, 4) is 0 Å². The first-order valence-corrected chi connectivity index (χ1v) is 10.6. The summed E-state index contributed by atoms with van der Waals surface area (Å²) in [6.45, 7) is 3.05. The van der Waals surface area contributed by atoms with Crippen molar-refractivity contribution in [3.63, 3.8) is 0 Å². The molecule has 3 aromatic rings. The van der Waals surface area contributed by atoms with Crippen LogP contribution in [0.5, 0.6) is 0 Å². The summed E-state index contributed by atoms with van der Waals surface area (Å²) in [5.41, 5.74) is 4.98. The molecule has 0 saturated heterocycles. The number of nitrogens with zero attached hydrogens (tertiary/aromatic N) is 1. The van der Waals surface area contributed by atoms with Gasteiger partial charge in [0, 0.05) is 6.04 Å². The van der Waals surface area contributed by atoms with E-state index in [1.807, 2.05) is 25.1 Å². The van der Waals surface area contributed by atoms with E-state index in [0.717, 1.165) is 43.3 Å². The van der Waals surface area contributed by atoms with E-state index in [2.05, 4.69) is 23.0 Å². The summed E-state index contributed by atoms with van der Waals surface area (Å²) in [7, 11) is 2.23. The van der Waals surface area contributed by atoms with Gasteiger partial charge in [0.1, 0.15) is 5.82 Å². The van der Waals surface area contributed by atoms with Crippen LogP contribution in [0.2, 0.25) is 0 Å². The van der Waals surface area contributed by atoms with Crippen LogP contribution in [-0.4, -0.2) is 29.5 Å². The molecule has 1 aromatic heterocycles. The molecule has 1 saturated carbocycles. The third kappa shape index (κ3) is 4.61. The summed E-state index contributed by atoms with van der Waals surface area (Å²) in [6, 6.07) is 11.8. The molecule has 4 nitrogen and oxygen atoms in total. The summed E-state index contributed by atoms with van der Waals surface area (Å²) < 4.78 is 18.5. The van der Waals surface area contributed by atoms with Gasteiger partial charge in [-0.25, -0.2) is 9.18 Å². The van der Waals surface area contributed by atoms with Gasteiger partial charge in [-0.15, -0.1) is 0 Å². The SMILES string of the molecule is Cc1cc(F)ccc1CCCN(C)[C@H]1CC[C@H](c2ccc3[nH]c(=O)oc3c2)CC1. The van der Waals surface area contributed by atoms with Gasteiger partial charge in [-0.2, -0.15) is 0 Å². The Morgan fingerprint density at radius 2 is 1.93 bits per heavy atom. The Morgan fingerprint density at radius 3 is 2.69 bits per heavy atom. The van der Waals surface area contributed by atoms with Crippen LogP contribution < -0.4 is 5.76 Å². The Hall–Kier alpha value is -2.40. The molecule has 1 fully saturated rings. The fourth-order valence-electron chi connectivity index (χ4n) is 4.71. The lowest BCUT2D eigenvalue weighted by Crippen LogP contribution is -2.35. The Balaban J connectivity index is 1.27. The molecule has 1 heterocycles. The summed E-state index contributed by atoms with van der Waals surface area (Å²) in [6.07, 6.45) is 6.77. The Labute approximate surface area is 170 Å². The van der Waals surface area contributed by atoms with E-state index in [1.54, 1.807) is 12.1 Å². The van der Waals surface area contributed by atoms with Crippen LogP contribution in [0, 0.1) is 12.7 Å². The number of H-pyrrole nitrogens is 1. The second-order valence-electron chi connectivity index (χ2n) is 8.43. The standard InChI is InChI=1S/C24H29FN2O2/c1-16-14-20(25)9-5-17(16)4-3-13-27(2)21-10-6-18(7-11-21)19-8-12-22-23(15-19)29-24(28)26-22/h5,8-9,12,14-15,18,21H,3-4,6-7,10-11,13H2,1-2H3,(H,26,28)/t18-,21-. The summed E-state index contributed by atoms with van der Waals surface area (Å²) >= 11 is 0. The van der Waals surface area contributed by atoms with Crippen molar-refractivity contribution in [2.75, 3.05) is 13.6 Å². The van der Waals surface area contributed by atoms with Crippen LogP contribution in [-0.2, 0) is 6.42 Å². The van der Waals surface area contributed by atoms with E-state index >= 15 is 0 Å². The van der Waals surface area contributed by atoms with Gasteiger partial charge >= 0.3 is 5.76 Å². The third-order valence-corrected chi connectivity index (χ3v) is 6.50. The monoisotopic (exact) mass is 396 g/mol. The molecule has 0 amide bonds. The Bertz CT molecular complexity index is 1030. The highest BCUT2D eigenvalue weighted by Gasteiger charge is 2.25. The van der Waals surface area contributed by atoms with Crippen LogP contribution in [0.1, 0.15) is 54.7 Å². The van der Waals surface area contributed by atoms with Gasteiger partial charge in [0.2, 0.25) is 0 Å². The number of oxazole rings is 1. The number of aromatic nitrogens is 1. The largest absolute Gasteiger partial charge is 0.417 e. The van der Waals surface area contributed by atoms with Crippen molar-refractivity contribution in [3.05, 3.63) is 69.5 Å². The Kier molecular flexibility index (Phi) is 5.86. The van der Waals surface area contributed by atoms with Crippen molar-refractivity contribution >= 4 is 11.1 Å². The maximum Gasteiger partial charge on any atom is 0.417 e. The van der Waals surface area contributed by atoms with Gasteiger partial charge in [0.25, 0.3) is 0 Å². The zero-order valence-electron chi connectivity index (χ0n) is 17.2. The second kappa shape index (κ2) is 8.54. The lowest BCUT2D eigenvalue weighted by atomic mass is 9.81. The highest BCUT2D eigenvalue weighted by atomic mass is 19.1. The smallest absolute Gasteiger partial charge is 0.408 e. The number of nitrogens with one attached hydrogen (secondary N) is 1. The minimum atomic E-state index is -0.390. The fraction of sp³-hybridized carbons (Fsp3) is 0.458. The molecule has 0 unspecified atom stereocenters. The minimum absolute atomic E-state index is 0.155. The molecule has 0 bridgehead atoms. The van der Waals surface area contributed by atoms with E-state index in [0.29, 0.717) is 17.5 Å². The zero-order chi connectivity index (χ0) is 20.4. The van der Waals surface area contributed by atoms with Gasteiger partial charge < -0.3 is 9.32 Å². The van der Waals surface area contributed by atoms with E-state index < -0.39 is 5.76 Å². The first-order valence-electron chi connectivity index (χ1n) is 10.6. The fourth-order valence-corrected chi connectivity index (χ4v) is 4.71. The first-order chi connectivity index (χ1) is 14.0. The van der Waals surface area contributed by atoms with Gasteiger partial charge in [-0.05, 0) is 106 Å². The number of aromatic amines is 1. The second-order valence-corrected chi connectivity index (χ2v) is 8.43. The molecule has 1 aliphatic rings. The van der Waals surface area contributed by atoms with E-state index in [4.69, 9.17) is 4.42 Å². The summed E-state index contributed by atoms with van der Waals surface area (Å²) in [5, 5.41) is 0. The highest BCUT2D eigenvalue weighted by molar-refractivity contribution is 5.72. The summed E-state index contributed by atoms with van der Waals surface area (Å²) in [4.78, 5) is 16.6. The molecule has 0 aliphatic heterocycles. The molecule has 1 aliphatic carbocycles. The molecule has 1 N–H and O–H groups in total. The molecular formula is C24H29FN2O2. The molecule has 154 valence electrons. The molecule has 2 aromatic carbocycles. The quantitative estimate of drug-likeness (QED) is 0.626.